The first kappa shape index (κ1) is 16.4. The highest BCUT2D eigenvalue weighted by molar-refractivity contribution is 6.35. The number of piperidine rings is 1. The van der Waals surface area contributed by atoms with E-state index >= 15 is 0 Å². The Morgan fingerprint density at radius 2 is 2.00 bits per heavy atom. The summed E-state index contributed by atoms with van der Waals surface area (Å²) in [5, 5.41) is 15.7. The van der Waals surface area contributed by atoms with Crippen molar-refractivity contribution in [2.45, 2.75) is 43.7 Å². The van der Waals surface area contributed by atoms with Crippen LogP contribution in [0.4, 0.5) is 0 Å². The molecule has 0 spiro atoms. The van der Waals surface area contributed by atoms with Crippen LogP contribution in [0.25, 0.3) is 0 Å². The molecule has 1 saturated carbocycles. The average molecular weight is 337 g/mol. The van der Waals surface area contributed by atoms with Gasteiger partial charge in [0.25, 0.3) is 0 Å². The summed E-state index contributed by atoms with van der Waals surface area (Å²) < 4.78 is 0. The van der Waals surface area contributed by atoms with Crippen molar-refractivity contribution in [1.82, 2.24) is 5.32 Å². The molecule has 2 aliphatic rings. The first-order valence-electron chi connectivity index (χ1n) is 7.01. The molecule has 2 nitrogen and oxygen atoms in total. The van der Waals surface area contributed by atoms with Gasteiger partial charge in [0.05, 0.1) is 5.60 Å². The highest BCUT2D eigenvalue weighted by Crippen LogP contribution is 2.46. The summed E-state index contributed by atoms with van der Waals surface area (Å²) in [7, 11) is 0. The molecule has 1 saturated heterocycles. The number of rotatable bonds is 1. The summed E-state index contributed by atoms with van der Waals surface area (Å²) in [6, 6.07) is 5.80. The zero-order valence-corrected chi connectivity index (χ0v) is 13.6. The lowest BCUT2D eigenvalue weighted by atomic mass is 9.67. The predicted molar refractivity (Wildman–Crippen MR) is 86.0 cm³/mol. The number of nitrogens with one attached hydrogen (secondary N) is 1. The van der Waals surface area contributed by atoms with Gasteiger partial charge in [-0.05, 0) is 43.5 Å². The molecule has 3 atom stereocenters. The van der Waals surface area contributed by atoms with E-state index in [0.29, 0.717) is 10.0 Å². The second kappa shape index (κ2) is 6.41. The van der Waals surface area contributed by atoms with E-state index in [1.165, 1.54) is 6.42 Å². The molecule has 112 valence electrons. The van der Waals surface area contributed by atoms with Crippen LogP contribution in [0.5, 0.6) is 0 Å². The summed E-state index contributed by atoms with van der Waals surface area (Å²) >= 11 is 12.3. The number of benzene rings is 1. The summed E-state index contributed by atoms with van der Waals surface area (Å²) in [4.78, 5) is 0. The van der Waals surface area contributed by atoms with E-state index in [0.717, 1.165) is 37.8 Å². The van der Waals surface area contributed by atoms with Crippen LogP contribution >= 0.6 is 35.6 Å². The Kier molecular flexibility index (Phi) is 5.25. The lowest BCUT2D eigenvalue weighted by Crippen LogP contribution is -2.53. The van der Waals surface area contributed by atoms with Gasteiger partial charge in [-0.3, -0.25) is 0 Å². The Bertz CT molecular complexity index is 478. The Labute approximate surface area is 136 Å². The zero-order chi connectivity index (χ0) is 13.5. The Morgan fingerprint density at radius 1 is 1.20 bits per heavy atom. The molecule has 1 aromatic carbocycles. The molecule has 1 aromatic rings. The maximum absolute atomic E-state index is 10.9. The highest BCUT2D eigenvalue weighted by atomic mass is 35.5. The van der Waals surface area contributed by atoms with Crippen molar-refractivity contribution in [3.8, 4) is 0 Å². The van der Waals surface area contributed by atoms with Crippen LogP contribution in [-0.4, -0.2) is 17.3 Å². The van der Waals surface area contributed by atoms with E-state index in [1.807, 2.05) is 12.1 Å². The van der Waals surface area contributed by atoms with Crippen molar-refractivity contribution in [3.63, 3.8) is 0 Å². The number of halogens is 3. The molecule has 0 amide bonds. The fraction of sp³-hybridized carbons (Fsp3) is 0.600. The van der Waals surface area contributed by atoms with Gasteiger partial charge in [-0.15, -0.1) is 12.4 Å². The summed E-state index contributed by atoms with van der Waals surface area (Å²) in [5.41, 5.74) is 0.549. The van der Waals surface area contributed by atoms with E-state index < -0.39 is 5.60 Å². The smallest absolute Gasteiger partial charge is 0.0706 e. The fourth-order valence-corrected chi connectivity index (χ4v) is 4.23. The van der Waals surface area contributed by atoms with Crippen molar-refractivity contribution < 1.29 is 5.11 Å². The second-order valence-corrected chi connectivity index (χ2v) is 6.65. The normalized spacial score (nSPS) is 33.1. The lowest BCUT2D eigenvalue weighted by molar-refractivity contribution is -0.0861. The first-order valence-corrected chi connectivity index (χ1v) is 7.76. The van der Waals surface area contributed by atoms with E-state index in [9.17, 15) is 5.11 Å². The third kappa shape index (κ3) is 2.95. The molecular weight excluding hydrogens is 317 g/mol. The number of hydrogen-bond donors (Lipinski definition) is 2. The number of fused-ring (bicyclic) bond motifs is 1. The van der Waals surface area contributed by atoms with Gasteiger partial charge < -0.3 is 10.4 Å². The number of aliphatic hydroxyl groups is 1. The summed E-state index contributed by atoms with van der Waals surface area (Å²) in [6.45, 7) is 0.844. The first-order chi connectivity index (χ1) is 9.10. The van der Waals surface area contributed by atoms with Gasteiger partial charge in [0, 0.05) is 22.0 Å². The molecule has 1 aliphatic carbocycles. The van der Waals surface area contributed by atoms with Gasteiger partial charge in [0.15, 0.2) is 0 Å². The molecule has 2 fully saturated rings. The lowest BCUT2D eigenvalue weighted by Gasteiger charge is -2.48. The molecule has 2 N–H and O–H groups in total. The van der Waals surface area contributed by atoms with Gasteiger partial charge in [-0.25, -0.2) is 0 Å². The van der Waals surface area contributed by atoms with Crippen LogP contribution in [0.1, 0.15) is 43.7 Å². The minimum Gasteiger partial charge on any atom is -0.389 e. The molecule has 0 bridgehead atoms. The van der Waals surface area contributed by atoms with Crippen molar-refractivity contribution >= 4 is 35.6 Å². The van der Waals surface area contributed by atoms with E-state index in [4.69, 9.17) is 23.2 Å². The Morgan fingerprint density at radius 3 is 2.75 bits per heavy atom. The van der Waals surface area contributed by atoms with Gasteiger partial charge in [0.1, 0.15) is 0 Å². The maximum Gasteiger partial charge on any atom is 0.0706 e. The molecule has 0 aromatic heterocycles. The molecular formula is C15H20Cl3NO. The molecule has 0 radical (unpaired) electrons. The Balaban J connectivity index is 0.00000147. The van der Waals surface area contributed by atoms with Crippen molar-refractivity contribution in [3.05, 3.63) is 33.8 Å². The number of hydrogen-bond acceptors (Lipinski definition) is 2. The zero-order valence-electron chi connectivity index (χ0n) is 11.2. The monoisotopic (exact) mass is 335 g/mol. The maximum atomic E-state index is 10.9. The quantitative estimate of drug-likeness (QED) is 0.798. The summed E-state index contributed by atoms with van der Waals surface area (Å²) in [5.74, 6) is 0.258. The van der Waals surface area contributed by atoms with Crippen LogP contribution in [0.15, 0.2) is 18.2 Å². The third-order valence-electron chi connectivity index (χ3n) is 4.69. The van der Waals surface area contributed by atoms with Crippen molar-refractivity contribution in [2.75, 3.05) is 6.54 Å². The topological polar surface area (TPSA) is 32.3 Å². The molecule has 2 unspecified atom stereocenters. The van der Waals surface area contributed by atoms with Crippen LogP contribution in [0.2, 0.25) is 10.0 Å². The molecule has 3 rings (SSSR count). The van der Waals surface area contributed by atoms with Crippen LogP contribution in [0, 0.1) is 5.92 Å². The fourth-order valence-electron chi connectivity index (χ4n) is 3.70. The Hall–Kier alpha value is 0.01000. The molecule has 20 heavy (non-hydrogen) atoms. The molecule has 5 heteroatoms. The predicted octanol–water partition coefficient (Wildman–Crippen LogP) is 4.37. The third-order valence-corrected chi connectivity index (χ3v) is 5.25. The van der Waals surface area contributed by atoms with E-state index in [-0.39, 0.29) is 24.4 Å². The average Bonchev–Trinajstić information content (AvgIpc) is 2.37. The summed E-state index contributed by atoms with van der Waals surface area (Å²) in [6.07, 6.45) is 5.15. The largest absolute Gasteiger partial charge is 0.389 e. The second-order valence-electron chi connectivity index (χ2n) is 5.80. The van der Waals surface area contributed by atoms with Crippen molar-refractivity contribution in [1.29, 1.82) is 0 Å². The van der Waals surface area contributed by atoms with Gasteiger partial charge in [-0.2, -0.15) is 0 Å². The SMILES string of the molecule is Cl.OC12CCCCC1[C@H](c1ccc(Cl)cc1Cl)NCC2. The van der Waals surface area contributed by atoms with Crippen LogP contribution < -0.4 is 5.32 Å². The highest BCUT2D eigenvalue weighted by Gasteiger charge is 2.46. The van der Waals surface area contributed by atoms with Crippen molar-refractivity contribution in [2.24, 2.45) is 5.92 Å². The van der Waals surface area contributed by atoms with Gasteiger partial charge >= 0.3 is 0 Å². The minimum absolute atomic E-state index is 0. The minimum atomic E-state index is -0.517. The standard InChI is InChI=1S/C15H19Cl2NO.ClH/c16-10-4-5-11(13(17)9-10)14-12-3-1-2-6-15(12,19)7-8-18-14;/h4-5,9,12,14,18-19H,1-3,6-8H2;1H/t12?,14-,15?;/m0./s1. The van der Waals surface area contributed by atoms with Gasteiger partial charge in [-0.1, -0.05) is 42.1 Å². The van der Waals surface area contributed by atoms with Gasteiger partial charge in [0.2, 0.25) is 0 Å². The molecule has 1 heterocycles. The van der Waals surface area contributed by atoms with E-state index in [2.05, 4.69) is 5.32 Å². The molecule has 1 aliphatic heterocycles. The van der Waals surface area contributed by atoms with E-state index in [1.54, 1.807) is 6.07 Å². The van der Waals surface area contributed by atoms with Crippen LogP contribution in [-0.2, 0) is 0 Å². The van der Waals surface area contributed by atoms with Crippen LogP contribution in [0.3, 0.4) is 0 Å².